The number of methoxy groups -OCH3 is 1. The number of carbonyl (C=O) groups excluding carboxylic acids is 1. The Morgan fingerprint density at radius 2 is 1.80 bits per heavy atom. The molecule has 0 unspecified atom stereocenters. The number of ether oxygens (including phenoxy) is 1. The van der Waals surface area contributed by atoms with Gasteiger partial charge in [0.25, 0.3) is 0 Å². The van der Waals surface area contributed by atoms with Crippen LogP contribution < -0.4 is 26.2 Å². The first kappa shape index (κ1) is 29.1. The van der Waals surface area contributed by atoms with Gasteiger partial charge in [-0.05, 0) is 42.8 Å². The smallest absolute Gasteiger partial charge is 0.383 e. The molecular formula is C26H29F3N10O2. The van der Waals surface area contributed by atoms with E-state index >= 15 is 0 Å². The van der Waals surface area contributed by atoms with Crippen molar-refractivity contribution in [3.8, 4) is 5.82 Å². The third-order valence-electron chi connectivity index (χ3n) is 5.99. The van der Waals surface area contributed by atoms with Crippen LogP contribution in [0.5, 0.6) is 0 Å². The fourth-order valence-electron chi connectivity index (χ4n) is 3.77. The van der Waals surface area contributed by atoms with E-state index in [0.29, 0.717) is 42.1 Å². The Bertz CT molecular complexity index is 1510. The molecule has 0 saturated carbocycles. The Balaban J connectivity index is 1.51. The number of hydrogen-bond acceptors (Lipinski definition) is 9. The summed E-state index contributed by atoms with van der Waals surface area (Å²) in [7, 11) is 4.88. The molecule has 0 aliphatic carbocycles. The Kier molecular flexibility index (Phi) is 8.87. The third kappa shape index (κ3) is 7.39. The quantitative estimate of drug-likeness (QED) is 0.210. The molecule has 4 rings (SSSR count). The van der Waals surface area contributed by atoms with Gasteiger partial charge in [0.15, 0.2) is 5.82 Å². The van der Waals surface area contributed by atoms with E-state index in [2.05, 4.69) is 41.3 Å². The molecule has 0 spiro atoms. The van der Waals surface area contributed by atoms with Crippen LogP contribution in [0.4, 0.5) is 52.5 Å². The van der Waals surface area contributed by atoms with Crippen LogP contribution in [0.3, 0.4) is 0 Å². The maximum atomic E-state index is 13.6. The summed E-state index contributed by atoms with van der Waals surface area (Å²) in [5, 5.41) is 15.5. The standard InChI is InChI=1S/C26H29F3N10O2/c1-16-5-6-18(12-21(16)37-24-33-15-34-39(24)23-13-22(30-2)31-14-32-23)35-25(40)36-19-9-17(26(27,28)29)10-20(11-19)38(3)7-8-41-4/h5-6,9-15H,7-8H2,1-4H3,(H,30,31,32)(H,33,34,37)(H2,35,36,40). The van der Waals surface area contributed by atoms with Crippen LogP contribution in [-0.2, 0) is 10.9 Å². The molecule has 0 fully saturated rings. The minimum absolute atomic E-state index is 0.0130. The number of alkyl halides is 3. The molecule has 2 aromatic carbocycles. The lowest BCUT2D eigenvalue weighted by molar-refractivity contribution is -0.137. The van der Waals surface area contributed by atoms with E-state index in [1.807, 2.05) is 6.92 Å². The van der Waals surface area contributed by atoms with Crippen molar-refractivity contribution in [3.05, 3.63) is 66.2 Å². The predicted molar refractivity (Wildman–Crippen MR) is 150 cm³/mol. The number of nitrogens with zero attached hydrogens (tertiary/aromatic N) is 6. The van der Waals surface area contributed by atoms with Crippen molar-refractivity contribution in [2.24, 2.45) is 0 Å². The molecule has 216 valence electrons. The topological polar surface area (TPSA) is 134 Å². The maximum absolute atomic E-state index is 13.6. The van der Waals surface area contributed by atoms with E-state index < -0.39 is 17.8 Å². The van der Waals surface area contributed by atoms with Crippen LogP contribution >= 0.6 is 0 Å². The van der Waals surface area contributed by atoms with Crippen molar-refractivity contribution in [2.75, 3.05) is 60.5 Å². The van der Waals surface area contributed by atoms with E-state index in [1.165, 1.54) is 30.5 Å². The highest BCUT2D eigenvalue weighted by Crippen LogP contribution is 2.34. The lowest BCUT2D eigenvalue weighted by atomic mass is 10.1. The zero-order valence-electron chi connectivity index (χ0n) is 22.7. The predicted octanol–water partition coefficient (Wildman–Crippen LogP) is 4.90. The van der Waals surface area contributed by atoms with Gasteiger partial charge in [0, 0.05) is 56.6 Å². The lowest BCUT2D eigenvalue weighted by Crippen LogP contribution is -2.24. The van der Waals surface area contributed by atoms with Crippen molar-refractivity contribution in [1.29, 1.82) is 0 Å². The highest BCUT2D eigenvalue weighted by molar-refractivity contribution is 6.00. The second-order valence-electron chi connectivity index (χ2n) is 8.92. The molecule has 12 nitrogen and oxygen atoms in total. The van der Waals surface area contributed by atoms with E-state index in [-0.39, 0.29) is 11.4 Å². The van der Waals surface area contributed by atoms with E-state index in [4.69, 9.17) is 4.74 Å². The molecule has 15 heteroatoms. The summed E-state index contributed by atoms with van der Waals surface area (Å²) in [5.74, 6) is 1.44. The second-order valence-corrected chi connectivity index (χ2v) is 8.92. The minimum Gasteiger partial charge on any atom is -0.383 e. The molecule has 0 aliphatic rings. The third-order valence-corrected chi connectivity index (χ3v) is 5.99. The van der Waals surface area contributed by atoms with Gasteiger partial charge < -0.3 is 30.9 Å². The van der Waals surface area contributed by atoms with Crippen LogP contribution in [0.2, 0.25) is 0 Å². The molecule has 0 atom stereocenters. The fourth-order valence-corrected chi connectivity index (χ4v) is 3.77. The van der Waals surface area contributed by atoms with Crippen molar-refractivity contribution < 1.29 is 22.7 Å². The first-order chi connectivity index (χ1) is 19.6. The van der Waals surface area contributed by atoms with Gasteiger partial charge >= 0.3 is 12.2 Å². The lowest BCUT2D eigenvalue weighted by Gasteiger charge is -2.21. The summed E-state index contributed by atoms with van der Waals surface area (Å²) in [6, 6.07) is 9.47. The average molecular weight is 571 g/mol. The first-order valence-electron chi connectivity index (χ1n) is 12.4. The Hall–Kier alpha value is -4.92. The fraction of sp³-hybridized carbons (Fsp3) is 0.269. The molecule has 0 bridgehead atoms. The number of halogens is 3. The molecule has 0 aliphatic heterocycles. The number of amides is 2. The van der Waals surface area contributed by atoms with Crippen LogP contribution in [-0.4, -0.2) is 65.1 Å². The maximum Gasteiger partial charge on any atom is 0.416 e. The number of likely N-dealkylation sites (N-methyl/N-ethyl adjacent to an activating group) is 1. The van der Waals surface area contributed by atoms with Gasteiger partial charge in [0.1, 0.15) is 18.5 Å². The zero-order valence-corrected chi connectivity index (χ0v) is 22.7. The van der Waals surface area contributed by atoms with Crippen molar-refractivity contribution in [2.45, 2.75) is 13.1 Å². The Labute approximate surface area is 234 Å². The van der Waals surface area contributed by atoms with Gasteiger partial charge in [-0.3, -0.25) is 0 Å². The average Bonchev–Trinajstić information content (AvgIpc) is 3.41. The number of aryl methyl sites for hydroxylation is 1. The van der Waals surface area contributed by atoms with Crippen LogP contribution in [0.25, 0.3) is 5.82 Å². The summed E-state index contributed by atoms with van der Waals surface area (Å²) in [5.41, 5.74) is 1.23. The molecule has 0 radical (unpaired) electrons. The van der Waals surface area contributed by atoms with Gasteiger partial charge in [0.2, 0.25) is 5.95 Å². The van der Waals surface area contributed by atoms with E-state index in [1.54, 1.807) is 43.3 Å². The Morgan fingerprint density at radius 3 is 2.54 bits per heavy atom. The largest absolute Gasteiger partial charge is 0.416 e. The number of carbonyl (C=O) groups is 1. The van der Waals surface area contributed by atoms with Crippen LogP contribution in [0, 0.1) is 6.92 Å². The number of hydrogen-bond donors (Lipinski definition) is 4. The molecule has 2 heterocycles. The summed E-state index contributed by atoms with van der Waals surface area (Å²) >= 11 is 0. The monoisotopic (exact) mass is 570 g/mol. The summed E-state index contributed by atoms with van der Waals surface area (Å²) in [4.78, 5) is 27.0. The van der Waals surface area contributed by atoms with Gasteiger partial charge in [-0.25, -0.2) is 14.8 Å². The molecule has 2 amide bonds. The Morgan fingerprint density at radius 1 is 1.02 bits per heavy atom. The minimum atomic E-state index is -4.59. The summed E-state index contributed by atoms with van der Waals surface area (Å²) < 4.78 is 47.2. The van der Waals surface area contributed by atoms with E-state index in [0.717, 1.165) is 17.7 Å². The number of nitrogens with one attached hydrogen (secondary N) is 4. The van der Waals surface area contributed by atoms with Gasteiger partial charge in [-0.2, -0.15) is 27.9 Å². The summed E-state index contributed by atoms with van der Waals surface area (Å²) in [6.07, 6.45) is -1.83. The molecule has 4 aromatic rings. The highest BCUT2D eigenvalue weighted by Gasteiger charge is 2.31. The van der Waals surface area contributed by atoms with Crippen molar-refractivity contribution in [3.63, 3.8) is 0 Å². The number of benzene rings is 2. The number of anilines is 6. The first-order valence-corrected chi connectivity index (χ1v) is 12.4. The molecule has 41 heavy (non-hydrogen) atoms. The molecule has 2 aromatic heterocycles. The highest BCUT2D eigenvalue weighted by atomic mass is 19.4. The van der Waals surface area contributed by atoms with Gasteiger partial charge in [0.05, 0.1) is 12.2 Å². The van der Waals surface area contributed by atoms with Crippen LogP contribution in [0.1, 0.15) is 11.1 Å². The summed E-state index contributed by atoms with van der Waals surface area (Å²) in [6.45, 7) is 2.55. The van der Waals surface area contributed by atoms with Gasteiger partial charge in [-0.15, -0.1) is 0 Å². The number of rotatable bonds is 10. The number of aromatic nitrogens is 5. The van der Waals surface area contributed by atoms with Crippen molar-refractivity contribution >= 4 is 40.5 Å². The normalized spacial score (nSPS) is 11.2. The van der Waals surface area contributed by atoms with E-state index in [9.17, 15) is 18.0 Å². The SMILES string of the molecule is CNc1cc(-n2ncnc2Nc2cc(NC(=O)Nc3cc(N(C)CCOC)cc(C(F)(F)F)c3)ccc2C)ncn1. The zero-order chi connectivity index (χ0) is 29.6. The second kappa shape index (κ2) is 12.5. The molecular weight excluding hydrogens is 541 g/mol. The molecule has 0 saturated heterocycles. The van der Waals surface area contributed by atoms with Crippen molar-refractivity contribution in [1.82, 2.24) is 24.7 Å². The number of urea groups is 1. The van der Waals surface area contributed by atoms with Gasteiger partial charge in [-0.1, -0.05) is 6.07 Å². The molecule has 4 N–H and O–H groups in total. The van der Waals surface area contributed by atoms with Crippen LogP contribution in [0.15, 0.2) is 55.1 Å².